The fourth-order valence-corrected chi connectivity index (χ4v) is 4.14. The van der Waals surface area contributed by atoms with Crippen molar-refractivity contribution in [2.45, 2.75) is 51.7 Å². The van der Waals surface area contributed by atoms with Gasteiger partial charge in [-0.1, -0.05) is 55.0 Å². The second-order valence-electron chi connectivity index (χ2n) is 8.14. The summed E-state index contributed by atoms with van der Waals surface area (Å²) in [6, 6.07) is 15.8. The summed E-state index contributed by atoms with van der Waals surface area (Å²) in [7, 11) is 0. The first-order chi connectivity index (χ1) is 15.7. The molecule has 0 spiro atoms. The molecule has 1 aromatic heterocycles. The van der Waals surface area contributed by atoms with Crippen molar-refractivity contribution in [1.82, 2.24) is 15.4 Å². The first-order valence-corrected chi connectivity index (χ1v) is 11.3. The first kappa shape index (κ1) is 21.9. The van der Waals surface area contributed by atoms with E-state index in [1.54, 1.807) is 0 Å². The van der Waals surface area contributed by atoms with Gasteiger partial charge in [0.05, 0.1) is 17.8 Å². The van der Waals surface area contributed by atoms with Crippen LogP contribution in [0, 0.1) is 0 Å². The molecule has 32 heavy (non-hydrogen) atoms. The number of rotatable bonds is 10. The number of hydrogen-bond donors (Lipinski definition) is 3. The Bertz CT molecular complexity index is 1060. The summed E-state index contributed by atoms with van der Waals surface area (Å²) in [5.41, 5.74) is 6.92. The largest absolute Gasteiger partial charge is 0.345 e. The number of anilines is 1. The molecule has 0 fully saturated rings. The molecular weight excluding hydrogens is 404 g/mol. The summed E-state index contributed by atoms with van der Waals surface area (Å²) in [5.74, 6) is -0.125. The number of hydrogen-bond acceptors (Lipinski definition) is 3. The van der Waals surface area contributed by atoms with Crippen LogP contribution in [0.4, 0.5) is 10.5 Å². The average molecular weight is 435 g/mol. The van der Waals surface area contributed by atoms with Crippen LogP contribution in [0.15, 0.2) is 54.7 Å². The maximum atomic E-state index is 12.3. The van der Waals surface area contributed by atoms with Crippen molar-refractivity contribution < 1.29 is 14.4 Å². The maximum Gasteiger partial charge on any atom is 0.319 e. The van der Waals surface area contributed by atoms with E-state index in [9.17, 15) is 9.59 Å². The summed E-state index contributed by atoms with van der Waals surface area (Å²) in [4.78, 5) is 29.4. The van der Waals surface area contributed by atoms with Crippen molar-refractivity contribution in [1.29, 1.82) is 0 Å². The number of nitrogens with zero attached hydrogens (tertiary/aromatic N) is 1. The Hall–Kier alpha value is -3.32. The number of nitrogens with one attached hydrogen (secondary N) is 3. The van der Waals surface area contributed by atoms with Crippen LogP contribution in [0.2, 0.25) is 0 Å². The zero-order valence-electron chi connectivity index (χ0n) is 18.2. The van der Waals surface area contributed by atoms with Gasteiger partial charge in [-0.2, -0.15) is 0 Å². The van der Waals surface area contributed by atoms with Crippen LogP contribution in [0.1, 0.15) is 43.2 Å². The third kappa shape index (κ3) is 5.68. The zero-order chi connectivity index (χ0) is 22.2. The zero-order valence-corrected chi connectivity index (χ0v) is 18.2. The van der Waals surface area contributed by atoms with E-state index in [4.69, 9.17) is 4.84 Å². The Morgan fingerprint density at radius 2 is 1.88 bits per heavy atom. The summed E-state index contributed by atoms with van der Waals surface area (Å²) < 4.78 is 2.23. The highest BCUT2D eigenvalue weighted by Crippen LogP contribution is 2.32. The van der Waals surface area contributed by atoms with Crippen LogP contribution in [-0.2, 0) is 29.2 Å². The highest BCUT2D eigenvalue weighted by molar-refractivity contribution is 6.02. The van der Waals surface area contributed by atoms with E-state index >= 15 is 0 Å². The quantitative estimate of drug-likeness (QED) is 0.324. The number of carbonyl (C=O) groups excluding carboxylic acids is 2. The minimum atomic E-state index is -0.194. The normalized spacial score (nSPS) is 12.5. The molecule has 2 heterocycles. The summed E-state index contributed by atoms with van der Waals surface area (Å²) in [6.45, 7) is 1.91. The lowest BCUT2D eigenvalue weighted by Crippen LogP contribution is -2.29. The Morgan fingerprint density at radius 1 is 1.00 bits per heavy atom. The lowest BCUT2D eigenvalue weighted by Gasteiger charge is -2.14. The lowest BCUT2D eigenvalue weighted by atomic mass is 10.0. The van der Waals surface area contributed by atoms with Gasteiger partial charge in [0.25, 0.3) is 0 Å². The Labute approximate surface area is 188 Å². The number of hydroxylamine groups is 1. The lowest BCUT2D eigenvalue weighted by molar-refractivity contribution is -0.134. The molecule has 4 rings (SSSR count). The first-order valence-electron chi connectivity index (χ1n) is 11.3. The fourth-order valence-electron chi connectivity index (χ4n) is 4.14. The van der Waals surface area contributed by atoms with Gasteiger partial charge < -0.3 is 15.2 Å². The molecule has 0 saturated carbocycles. The van der Waals surface area contributed by atoms with Crippen LogP contribution in [0.3, 0.4) is 0 Å². The monoisotopic (exact) mass is 434 g/mol. The standard InChI is InChI=1S/C25H30N4O3/c30-23(28-32-18-19-9-3-1-4-10-19)14-5-2-6-15-26-25(31)27-22-17-29-16-8-12-20-11-7-13-21(22)24(20)29/h1,3-4,7,9-11,13,17H,2,5-6,8,12,14-16,18H2,(H,28,30)(H2,26,27,31). The van der Waals surface area contributed by atoms with Crippen LogP contribution in [-0.4, -0.2) is 23.1 Å². The predicted octanol–water partition coefficient (Wildman–Crippen LogP) is 4.52. The van der Waals surface area contributed by atoms with Crippen molar-refractivity contribution in [3.63, 3.8) is 0 Å². The average Bonchev–Trinajstić information content (AvgIpc) is 3.16. The van der Waals surface area contributed by atoms with Crippen molar-refractivity contribution in [2.24, 2.45) is 0 Å². The van der Waals surface area contributed by atoms with Crippen LogP contribution in [0.5, 0.6) is 0 Å². The minimum Gasteiger partial charge on any atom is -0.345 e. The van der Waals surface area contributed by atoms with E-state index in [0.29, 0.717) is 19.6 Å². The second-order valence-corrected chi connectivity index (χ2v) is 8.14. The number of amides is 3. The predicted molar refractivity (Wildman–Crippen MR) is 125 cm³/mol. The van der Waals surface area contributed by atoms with Gasteiger partial charge in [-0.05, 0) is 36.8 Å². The van der Waals surface area contributed by atoms with Crippen LogP contribution >= 0.6 is 0 Å². The van der Waals surface area contributed by atoms with Crippen molar-refractivity contribution in [3.05, 3.63) is 65.9 Å². The molecule has 0 bridgehead atoms. The van der Waals surface area contributed by atoms with Gasteiger partial charge in [0.1, 0.15) is 0 Å². The molecule has 3 N–H and O–H groups in total. The highest BCUT2D eigenvalue weighted by Gasteiger charge is 2.16. The molecule has 0 atom stereocenters. The summed E-state index contributed by atoms with van der Waals surface area (Å²) in [6.07, 6.45) is 7.08. The van der Waals surface area contributed by atoms with Gasteiger partial charge in [-0.25, -0.2) is 10.3 Å². The minimum absolute atomic E-state index is 0.125. The Morgan fingerprint density at radius 3 is 2.75 bits per heavy atom. The van der Waals surface area contributed by atoms with Crippen LogP contribution in [0.25, 0.3) is 10.9 Å². The SMILES string of the molecule is O=C(CCCCCNC(=O)Nc1cn2c3c(cccc13)CCC2)NOCc1ccccc1. The molecule has 0 radical (unpaired) electrons. The number of benzene rings is 2. The number of para-hydroxylation sites is 1. The van der Waals surface area contributed by atoms with Crippen molar-refractivity contribution in [2.75, 3.05) is 11.9 Å². The third-order valence-corrected chi connectivity index (χ3v) is 5.71. The molecule has 0 unspecified atom stereocenters. The van der Waals surface area contributed by atoms with Crippen LogP contribution < -0.4 is 16.1 Å². The number of unbranched alkanes of at least 4 members (excludes halogenated alkanes) is 2. The summed E-state index contributed by atoms with van der Waals surface area (Å²) >= 11 is 0. The second kappa shape index (κ2) is 10.8. The molecule has 7 heteroatoms. The van der Waals surface area contributed by atoms with E-state index in [-0.39, 0.29) is 11.9 Å². The van der Waals surface area contributed by atoms with Gasteiger partial charge in [-0.3, -0.25) is 9.63 Å². The maximum absolute atomic E-state index is 12.3. The van der Waals surface area contributed by atoms with E-state index in [2.05, 4.69) is 38.9 Å². The number of aromatic nitrogens is 1. The highest BCUT2D eigenvalue weighted by atomic mass is 16.6. The Kier molecular flexibility index (Phi) is 7.40. The molecule has 1 aliphatic rings. The number of urea groups is 1. The van der Waals surface area contributed by atoms with E-state index in [0.717, 1.165) is 55.3 Å². The van der Waals surface area contributed by atoms with Gasteiger partial charge in [-0.15, -0.1) is 0 Å². The van der Waals surface area contributed by atoms with Gasteiger partial charge in [0.2, 0.25) is 5.91 Å². The van der Waals surface area contributed by atoms with Gasteiger partial charge in [0.15, 0.2) is 0 Å². The topological polar surface area (TPSA) is 84.4 Å². The van der Waals surface area contributed by atoms with E-state index in [1.807, 2.05) is 36.5 Å². The van der Waals surface area contributed by atoms with E-state index < -0.39 is 0 Å². The Balaban J connectivity index is 1.10. The number of carbonyl (C=O) groups is 2. The fraction of sp³-hybridized carbons (Fsp3) is 0.360. The summed E-state index contributed by atoms with van der Waals surface area (Å²) in [5, 5.41) is 6.99. The molecule has 0 aliphatic carbocycles. The molecule has 7 nitrogen and oxygen atoms in total. The molecule has 2 aromatic carbocycles. The number of aryl methyl sites for hydroxylation is 2. The molecule has 3 amide bonds. The van der Waals surface area contributed by atoms with E-state index in [1.165, 1.54) is 11.1 Å². The van der Waals surface area contributed by atoms with Crippen molar-refractivity contribution >= 4 is 28.5 Å². The molecular formula is C25H30N4O3. The molecule has 1 aliphatic heterocycles. The molecule has 0 saturated heterocycles. The van der Waals surface area contributed by atoms with Crippen molar-refractivity contribution in [3.8, 4) is 0 Å². The third-order valence-electron chi connectivity index (χ3n) is 5.71. The molecule has 168 valence electrons. The van der Waals surface area contributed by atoms with Gasteiger partial charge in [0, 0.05) is 31.1 Å². The van der Waals surface area contributed by atoms with Gasteiger partial charge >= 0.3 is 6.03 Å². The molecule has 3 aromatic rings. The smallest absolute Gasteiger partial charge is 0.319 e.